The molecule has 0 saturated heterocycles. The van der Waals surface area contributed by atoms with Crippen LogP contribution in [0.5, 0.6) is 0 Å². The number of nitrogens with one attached hydrogen (secondary N) is 1. The minimum absolute atomic E-state index is 0.0697. The molecule has 1 aromatic heterocycles. The van der Waals surface area contributed by atoms with Crippen LogP contribution in [0.3, 0.4) is 0 Å². The molecule has 4 saturated carbocycles. The van der Waals surface area contributed by atoms with Crippen LogP contribution in [-0.2, 0) is 9.59 Å². The van der Waals surface area contributed by atoms with E-state index in [0.29, 0.717) is 22.8 Å². The van der Waals surface area contributed by atoms with E-state index in [1.54, 1.807) is 0 Å². The van der Waals surface area contributed by atoms with E-state index in [-0.39, 0.29) is 23.2 Å². The van der Waals surface area contributed by atoms with E-state index in [2.05, 4.69) is 29.4 Å². The predicted molar refractivity (Wildman–Crippen MR) is 92.9 cm³/mol. The summed E-state index contributed by atoms with van der Waals surface area (Å²) in [6, 6.07) is 0. The average Bonchev–Trinajstić information content (AvgIpc) is 3.00. The highest BCUT2D eigenvalue weighted by atomic mass is 32.1. The van der Waals surface area contributed by atoms with Gasteiger partial charge in [0.15, 0.2) is 0 Å². The van der Waals surface area contributed by atoms with Gasteiger partial charge in [0, 0.05) is 17.8 Å². The highest BCUT2D eigenvalue weighted by Crippen LogP contribution is 2.58. The maximum Gasteiger partial charge on any atom is 0.232 e. The highest BCUT2D eigenvalue weighted by molar-refractivity contribution is 7.15. The molecule has 0 spiro atoms. The van der Waals surface area contributed by atoms with E-state index in [4.69, 9.17) is 0 Å². The van der Waals surface area contributed by atoms with Crippen LogP contribution in [0.15, 0.2) is 0 Å². The van der Waals surface area contributed by atoms with Crippen molar-refractivity contribution in [1.29, 1.82) is 0 Å². The van der Waals surface area contributed by atoms with E-state index >= 15 is 0 Å². The van der Waals surface area contributed by atoms with Gasteiger partial charge in [0.25, 0.3) is 0 Å². The third-order valence-corrected chi connectivity index (χ3v) is 7.35. The Morgan fingerprint density at radius 3 is 2.67 bits per heavy atom. The van der Waals surface area contributed by atoms with Gasteiger partial charge in [-0.3, -0.25) is 9.59 Å². The SMILES string of the molecule is CCCC(C)c1nnc(NC(=O)C23CC4CC(C2)C(=O)C(C4)C3)s1. The lowest BCUT2D eigenvalue weighted by Gasteiger charge is -2.54. The molecule has 4 aliphatic rings. The van der Waals surface area contributed by atoms with Crippen molar-refractivity contribution in [2.24, 2.45) is 23.2 Å². The maximum absolute atomic E-state index is 13.0. The Labute approximate surface area is 146 Å². The first-order valence-corrected chi connectivity index (χ1v) is 10.0. The molecular weight excluding hydrogens is 322 g/mol. The lowest BCUT2D eigenvalue weighted by molar-refractivity contribution is -0.154. The molecule has 24 heavy (non-hydrogen) atoms. The van der Waals surface area contributed by atoms with Gasteiger partial charge < -0.3 is 5.32 Å². The number of rotatable bonds is 5. The summed E-state index contributed by atoms with van der Waals surface area (Å²) in [7, 11) is 0. The van der Waals surface area contributed by atoms with E-state index < -0.39 is 0 Å². The number of amides is 1. The van der Waals surface area contributed by atoms with Gasteiger partial charge >= 0.3 is 0 Å². The number of anilines is 1. The molecule has 1 N–H and O–H groups in total. The summed E-state index contributed by atoms with van der Waals surface area (Å²) in [5.74, 6) is 1.67. The highest BCUT2D eigenvalue weighted by Gasteiger charge is 2.58. The van der Waals surface area contributed by atoms with Crippen molar-refractivity contribution in [2.45, 2.75) is 64.7 Å². The molecule has 3 unspecified atom stereocenters. The summed E-state index contributed by atoms with van der Waals surface area (Å²) < 4.78 is 0. The first-order chi connectivity index (χ1) is 11.5. The van der Waals surface area contributed by atoms with Gasteiger partial charge in [-0.15, -0.1) is 10.2 Å². The Morgan fingerprint density at radius 1 is 1.29 bits per heavy atom. The monoisotopic (exact) mass is 347 g/mol. The topological polar surface area (TPSA) is 72.0 Å². The summed E-state index contributed by atoms with van der Waals surface area (Å²) in [5, 5.41) is 13.0. The Balaban J connectivity index is 1.48. The minimum Gasteiger partial charge on any atom is -0.300 e. The number of nitrogens with zero attached hydrogens (tertiary/aromatic N) is 2. The number of Topliss-reactive ketones (excluding diaryl/α,β-unsaturated/α-hetero) is 1. The predicted octanol–water partition coefficient (Wildman–Crippen LogP) is 3.78. The van der Waals surface area contributed by atoms with Crippen molar-refractivity contribution in [2.75, 3.05) is 5.32 Å². The first kappa shape index (κ1) is 16.2. The molecule has 0 aliphatic heterocycles. The van der Waals surface area contributed by atoms with Crippen molar-refractivity contribution in [3.8, 4) is 0 Å². The second-order valence-corrected chi connectivity index (χ2v) is 9.12. The molecule has 3 atom stereocenters. The third kappa shape index (κ3) is 2.59. The van der Waals surface area contributed by atoms with Gasteiger partial charge in [-0.05, 0) is 44.4 Å². The summed E-state index contributed by atoms with van der Waals surface area (Å²) in [6.07, 6.45) is 6.62. The molecule has 4 fully saturated rings. The Kier molecular flexibility index (Phi) is 3.98. The van der Waals surface area contributed by atoms with Crippen LogP contribution < -0.4 is 5.32 Å². The molecular formula is C18H25N3O2S. The van der Waals surface area contributed by atoms with E-state index in [1.807, 2.05) is 0 Å². The minimum atomic E-state index is -0.342. The number of carbonyl (C=O) groups is 2. The molecule has 5 rings (SSSR count). The van der Waals surface area contributed by atoms with E-state index in [1.165, 1.54) is 11.3 Å². The van der Waals surface area contributed by atoms with Gasteiger partial charge in [-0.1, -0.05) is 31.6 Å². The molecule has 0 aromatic carbocycles. The molecule has 6 heteroatoms. The molecule has 1 heterocycles. The zero-order valence-corrected chi connectivity index (χ0v) is 15.2. The third-order valence-electron chi connectivity index (χ3n) is 6.28. The summed E-state index contributed by atoms with van der Waals surface area (Å²) in [5.41, 5.74) is -0.342. The smallest absolute Gasteiger partial charge is 0.232 e. The average molecular weight is 347 g/mol. The largest absolute Gasteiger partial charge is 0.300 e. The van der Waals surface area contributed by atoms with Gasteiger partial charge in [-0.25, -0.2) is 0 Å². The van der Waals surface area contributed by atoms with E-state index in [0.717, 1.165) is 50.0 Å². The van der Waals surface area contributed by atoms with Crippen molar-refractivity contribution in [3.05, 3.63) is 5.01 Å². The van der Waals surface area contributed by atoms with Gasteiger partial charge in [-0.2, -0.15) is 0 Å². The fourth-order valence-corrected chi connectivity index (χ4v) is 6.12. The molecule has 130 valence electrons. The number of ketones is 1. The van der Waals surface area contributed by atoms with Crippen LogP contribution >= 0.6 is 11.3 Å². The van der Waals surface area contributed by atoms with Crippen LogP contribution in [0.2, 0.25) is 0 Å². The standard InChI is InChI=1S/C18H25N3O2S/c1-3-4-10(2)15-20-21-17(24-15)19-16(23)18-7-11-5-12(8-18)14(22)13(6-11)9-18/h10-13H,3-9H2,1-2H3,(H,19,21,23). The van der Waals surface area contributed by atoms with Crippen LogP contribution in [0.25, 0.3) is 0 Å². The van der Waals surface area contributed by atoms with Crippen molar-refractivity contribution in [1.82, 2.24) is 10.2 Å². The fraction of sp³-hybridized carbons (Fsp3) is 0.778. The van der Waals surface area contributed by atoms with Crippen LogP contribution in [0.1, 0.15) is 69.7 Å². The van der Waals surface area contributed by atoms with Crippen molar-refractivity contribution >= 4 is 28.2 Å². The van der Waals surface area contributed by atoms with Gasteiger partial charge in [0.2, 0.25) is 11.0 Å². The Bertz CT molecular complexity index is 653. The normalized spacial score (nSPS) is 35.2. The van der Waals surface area contributed by atoms with Crippen LogP contribution in [0, 0.1) is 23.2 Å². The molecule has 4 aliphatic carbocycles. The maximum atomic E-state index is 13.0. The van der Waals surface area contributed by atoms with Crippen molar-refractivity contribution in [3.63, 3.8) is 0 Å². The molecule has 5 nitrogen and oxygen atoms in total. The first-order valence-electron chi connectivity index (χ1n) is 9.19. The zero-order valence-electron chi connectivity index (χ0n) is 14.4. The van der Waals surface area contributed by atoms with Gasteiger partial charge in [0.05, 0.1) is 5.41 Å². The summed E-state index contributed by atoms with van der Waals surface area (Å²) in [6.45, 7) is 4.31. The number of aromatic nitrogens is 2. The molecule has 4 bridgehead atoms. The lowest BCUT2D eigenvalue weighted by atomic mass is 9.49. The van der Waals surface area contributed by atoms with Crippen LogP contribution in [-0.4, -0.2) is 21.9 Å². The molecule has 1 amide bonds. The lowest BCUT2D eigenvalue weighted by Crippen LogP contribution is -2.55. The second kappa shape index (κ2) is 5.90. The summed E-state index contributed by atoms with van der Waals surface area (Å²) in [4.78, 5) is 25.3. The number of hydrogen-bond acceptors (Lipinski definition) is 5. The quantitative estimate of drug-likeness (QED) is 0.880. The van der Waals surface area contributed by atoms with Crippen molar-refractivity contribution < 1.29 is 9.59 Å². The van der Waals surface area contributed by atoms with Gasteiger partial charge in [0.1, 0.15) is 10.8 Å². The Hall–Kier alpha value is -1.30. The summed E-state index contributed by atoms with van der Waals surface area (Å²) >= 11 is 1.49. The van der Waals surface area contributed by atoms with E-state index in [9.17, 15) is 9.59 Å². The zero-order chi connectivity index (χ0) is 16.9. The second-order valence-electron chi connectivity index (χ2n) is 8.12. The molecule has 0 radical (unpaired) electrons. The fourth-order valence-electron chi connectivity index (χ4n) is 5.30. The Morgan fingerprint density at radius 2 is 2.00 bits per heavy atom. The number of carbonyl (C=O) groups excluding carboxylic acids is 2. The number of hydrogen-bond donors (Lipinski definition) is 1. The molecule has 1 aromatic rings. The van der Waals surface area contributed by atoms with Crippen LogP contribution in [0.4, 0.5) is 5.13 Å².